The lowest BCUT2D eigenvalue weighted by atomic mass is 9.59. The Bertz CT molecular complexity index is 1120. The SMILES string of the molecule is CN(C)c1ccc(O)c2c1CC1CC3C(C(=O)C(C(N)=O)=C(O)C3N(C)C)C(=O)C1=C2O. The number of phenols is 1. The molecule has 5 N–H and O–H groups in total. The average molecular weight is 441 g/mol. The summed E-state index contributed by atoms with van der Waals surface area (Å²) in [6.45, 7) is 0. The maximum absolute atomic E-state index is 13.6. The zero-order chi connectivity index (χ0) is 23.6. The number of hydrogen-bond donors (Lipinski definition) is 4. The van der Waals surface area contributed by atoms with Gasteiger partial charge in [-0.15, -0.1) is 0 Å². The minimum Gasteiger partial charge on any atom is -0.510 e. The van der Waals surface area contributed by atoms with Crippen LogP contribution in [-0.2, 0) is 20.8 Å². The fraction of sp³-hybridized carbons (Fsp3) is 0.435. The number of nitrogens with zero attached hydrogens (tertiary/aromatic N) is 2. The molecule has 1 aromatic rings. The predicted molar refractivity (Wildman–Crippen MR) is 117 cm³/mol. The zero-order valence-corrected chi connectivity index (χ0v) is 18.4. The number of nitrogens with two attached hydrogens (primary N) is 1. The summed E-state index contributed by atoms with van der Waals surface area (Å²) in [4.78, 5) is 42.2. The molecule has 9 nitrogen and oxygen atoms in total. The largest absolute Gasteiger partial charge is 0.510 e. The number of aliphatic hydroxyl groups is 2. The summed E-state index contributed by atoms with van der Waals surface area (Å²) in [5.74, 6) is -5.64. The number of aliphatic hydroxyl groups excluding tert-OH is 2. The van der Waals surface area contributed by atoms with Gasteiger partial charge in [0.2, 0.25) is 0 Å². The van der Waals surface area contributed by atoms with Crippen LogP contribution >= 0.6 is 0 Å². The van der Waals surface area contributed by atoms with Crippen LogP contribution in [0.2, 0.25) is 0 Å². The van der Waals surface area contributed by atoms with Crippen LogP contribution in [0, 0.1) is 17.8 Å². The maximum Gasteiger partial charge on any atom is 0.255 e. The van der Waals surface area contributed by atoms with Crippen molar-refractivity contribution in [2.45, 2.75) is 18.9 Å². The number of amides is 1. The Kier molecular flexibility index (Phi) is 5.04. The molecular formula is C23H27N3O6. The number of Topliss-reactive ketones (excluding diaryl/α,β-unsaturated/α-hetero) is 2. The molecule has 1 saturated carbocycles. The van der Waals surface area contributed by atoms with Crippen molar-refractivity contribution in [2.75, 3.05) is 33.1 Å². The van der Waals surface area contributed by atoms with Crippen LogP contribution in [0.1, 0.15) is 17.5 Å². The van der Waals surface area contributed by atoms with Crippen molar-refractivity contribution >= 4 is 28.9 Å². The van der Waals surface area contributed by atoms with Crippen molar-refractivity contribution in [2.24, 2.45) is 23.5 Å². The maximum atomic E-state index is 13.6. The first-order chi connectivity index (χ1) is 15.0. The van der Waals surface area contributed by atoms with E-state index in [2.05, 4.69) is 0 Å². The van der Waals surface area contributed by atoms with Gasteiger partial charge in [-0.1, -0.05) is 0 Å². The Labute approximate surface area is 185 Å². The van der Waals surface area contributed by atoms with E-state index in [0.717, 1.165) is 5.69 Å². The third-order valence-corrected chi connectivity index (χ3v) is 6.90. The number of anilines is 1. The van der Waals surface area contributed by atoms with Gasteiger partial charge in [0.15, 0.2) is 11.6 Å². The summed E-state index contributed by atoms with van der Waals surface area (Å²) in [5, 5.41) is 32.3. The van der Waals surface area contributed by atoms with Crippen molar-refractivity contribution < 1.29 is 29.7 Å². The van der Waals surface area contributed by atoms with Gasteiger partial charge in [0, 0.05) is 25.4 Å². The van der Waals surface area contributed by atoms with E-state index in [4.69, 9.17) is 5.73 Å². The minimum absolute atomic E-state index is 0.0843. The van der Waals surface area contributed by atoms with E-state index in [-0.39, 0.29) is 22.6 Å². The highest BCUT2D eigenvalue weighted by Gasteiger charge is 2.55. The molecule has 4 atom stereocenters. The van der Waals surface area contributed by atoms with Crippen LogP contribution < -0.4 is 10.6 Å². The van der Waals surface area contributed by atoms with Crippen molar-refractivity contribution in [3.63, 3.8) is 0 Å². The van der Waals surface area contributed by atoms with Crippen molar-refractivity contribution in [1.29, 1.82) is 0 Å². The molecule has 32 heavy (non-hydrogen) atoms. The van der Waals surface area contributed by atoms with Crippen LogP contribution in [0.15, 0.2) is 29.0 Å². The second kappa shape index (κ2) is 7.37. The van der Waals surface area contributed by atoms with Crippen molar-refractivity contribution in [3.8, 4) is 5.75 Å². The Hall–Kier alpha value is -3.33. The van der Waals surface area contributed by atoms with Gasteiger partial charge >= 0.3 is 0 Å². The first-order valence-corrected chi connectivity index (χ1v) is 10.4. The normalized spacial score (nSPS) is 27.3. The van der Waals surface area contributed by atoms with Gasteiger partial charge in [0.05, 0.1) is 17.5 Å². The second-order valence-corrected chi connectivity index (χ2v) is 9.15. The van der Waals surface area contributed by atoms with E-state index >= 15 is 0 Å². The fourth-order valence-corrected chi connectivity index (χ4v) is 5.67. The molecule has 0 radical (unpaired) electrons. The van der Waals surface area contributed by atoms with Crippen LogP contribution in [0.5, 0.6) is 5.75 Å². The van der Waals surface area contributed by atoms with Crippen LogP contribution in [-0.4, -0.2) is 71.9 Å². The quantitative estimate of drug-likeness (QED) is 0.400. The molecule has 3 aliphatic carbocycles. The lowest BCUT2D eigenvalue weighted by Gasteiger charge is -2.46. The third kappa shape index (κ3) is 2.91. The molecule has 9 heteroatoms. The highest BCUT2D eigenvalue weighted by atomic mass is 16.3. The Morgan fingerprint density at radius 3 is 2.28 bits per heavy atom. The Morgan fingerprint density at radius 2 is 1.72 bits per heavy atom. The van der Waals surface area contributed by atoms with Gasteiger partial charge < -0.3 is 26.0 Å². The predicted octanol–water partition coefficient (Wildman–Crippen LogP) is 0.915. The summed E-state index contributed by atoms with van der Waals surface area (Å²) in [6.07, 6.45) is 0.718. The number of phenolic OH excluding ortho intramolecular Hbond substituents is 1. The standard InChI is InChI=1S/C23H27N3O6/c1-25(2)12-5-6-13(27)15-10(12)7-9-8-11-16(20(29)14(9)19(15)28)21(30)17(23(24)32)22(31)18(11)26(3)4/h5-6,9,11,16,18,27-28,31H,7-8H2,1-4H3,(H2,24,32). The number of likely N-dealkylation sites (N-methyl/N-ethyl adjacent to an activating group) is 1. The number of ketones is 2. The molecule has 4 rings (SSSR count). The van der Waals surface area contributed by atoms with Gasteiger partial charge in [0.1, 0.15) is 22.8 Å². The number of rotatable bonds is 3. The van der Waals surface area contributed by atoms with E-state index in [1.807, 2.05) is 19.0 Å². The number of benzene rings is 1. The van der Waals surface area contributed by atoms with Gasteiger partial charge in [-0.2, -0.15) is 0 Å². The molecule has 1 fully saturated rings. The fourth-order valence-electron chi connectivity index (χ4n) is 5.67. The minimum atomic E-state index is -1.24. The molecule has 0 aromatic heterocycles. The summed E-state index contributed by atoms with van der Waals surface area (Å²) in [5.41, 5.74) is 6.59. The summed E-state index contributed by atoms with van der Waals surface area (Å²) in [6, 6.07) is 2.47. The molecule has 1 aromatic carbocycles. The summed E-state index contributed by atoms with van der Waals surface area (Å²) in [7, 11) is 7.08. The molecule has 170 valence electrons. The van der Waals surface area contributed by atoms with Gasteiger partial charge in [-0.05, 0) is 56.5 Å². The van der Waals surface area contributed by atoms with E-state index in [9.17, 15) is 29.7 Å². The van der Waals surface area contributed by atoms with Crippen molar-refractivity contribution in [3.05, 3.63) is 40.2 Å². The van der Waals surface area contributed by atoms with Gasteiger partial charge in [0.25, 0.3) is 5.91 Å². The van der Waals surface area contributed by atoms with Crippen LogP contribution in [0.4, 0.5) is 5.69 Å². The monoisotopic (exact) mass is 441 g/mol. The van der Waals surface area contributed by atoms with E-state index < -0.39 is 52.6 Å². The molecule has 0 heterocycles. The summed E-state index contributed by atoms with van der Waals surface area (Å²) >= 11 is 0. The van der Waals surface area contributed by atoms with E-state index in [0.29, 0.717) is 18.4 Å². The topological polar surface area (TPSA) is 144 Å². The lowest BCUT2D eigenvalue weighted by molar-refractivity contribution is -0.136. The molecule has 3 aliphatic rings. The third-order valence-electron chi connectivity index (χ3n) is 6.90. The molecule has 0 saturated heterocycles. The number of carbonyl (C=O) groups excluding carboxylic acids is 3. The number of aromatic hydroxyl groups is 1. The smallest absolute Gasteiger partial charge is 0.255 e. The molecule has 0 aliphatic heterocycles. The van der Waals surface area contributed by atoms with Gasteiger partial charge in [-0.25, -0.2) is 0 Å². The number of fused-ring (bicyclic) bond motifs is 3. The first-order valence-electron chi connectivity index (χ1n) is 10.4. The number of carbonyl (C=O) groups is 3. The molecule has 1 amide bonds. The first kappa shape index (κ1) is 21.9. The highest BCUT2D eigenvalue weighted by molar-refractivity contribution is 6.28. The second-order valence-electron chi connectivity index (χ2n) is 9.15. The van der Waals surface area contributed by atoms with E-state index in [1.54, 1.807) is 25.1 Å². The Balaban J connectivity index is 1.91. The molecule has 0 spiro atoms. The number of hydrogen-bond acceptors (Lipinski definition) is 8. The average Bonchev–Trinajstić information content (AvgIpc) is 2.66. The van der Waals surface area contributed by atoms with E-state index in [1.165, 1.54) is 6.07 Å². The van der Waals surface area contributed by atoms with Crippen LogP contribution in [0.3, 0.4) is 0 Å². The Morgan fingerprint density at radius 1 is 1.06 bits per heavy atom. The van der Waals surface area contributed by atoms with Crippen LogP contribution in [0.25, 0.3) is 5.76 Å². The molecule has 0 bridgehead atoms. The molecular weight excluding hydrogens is 414 g/mol. The number of allylic oxidation sites excluding steroid dienone is 1. The zero-order valence-electron chi connectivity index (χ0n) is 18.4. The molecule has 4 unspecified atom stereocenters. The highest BCUT2D eigenvalue weighted by Crippen LogP contribution is 2.51. The summed E-state index contributed by atoms with van der Waals surface area (Å²) < 4.78 is 0. The van der Waals surface area contributed by atoms with Crippen molar-refractivity contribution in [1.82, 2.24) is 4.90 Å². The van der Waals surface area contributed by atoms with Gasteiger partial charge in [-0.3, -0.25) is 19.3 Å². The number of primary amides is 1. The lowest BCUT2D eigenvalue weighted by Crippen LogP contribution is -2.55.